The number of nitrogens with one attached hydrogen (secondary N) is 1. The molecule has 0 radical (unpaired) electrons. The Balaban J connectivity index is 2.79. The predicted octanol–water partition coefficient (Wildman–Crippen LogP) is 1.30. The van der Waals surface area contributed by atoms with E-state index in [4.69, 9.17) is 10.00 Å². The highest BCUT2D eigenvalue weighted by Gasteiger charge is 2.17. The van der Waals surface area contributed by atoms with Crippen LogP contribution in [0.2, 0.25) is 0 Å². The molecule has 0 saturated carbocycles. The summed E-state index contributed by atoms with van der Waals surface area (Å²) < 4.78 is 4.99. The van der Waals surface area contributed by atoms with E-state index in [0.717, 1.165) is 13.0 Å². The van der Waals surface area contributed by atoms with Gasteiger partial charge in [0.05, 0.1) is 31.5 Å². The molecule has 1 heterocycles. The summed E-state index contributed by atoms with van der Waals surface area (Å²) in [5.74, 6) is 0.338. The second kappa shape index (κ2) is 9.66. The normalized spacial score (nSPS) is 9.95. The lowest BCUT2D eigenvalue weighted by molar-refractivity contribution is 0.0694. The van der Waals surface area contributed by atoms with Crippen LogP contribution in [0.15, 0.2) is 12.4 Å². The molecular weight excluding hydrogens is 270 g/mol. The number of ether oxygens (including phenoxy) is 1. The highest BCUT2D eigenvalue weighted by Crippen LogP contribution is 2.06. The number of nitriles is 1. The van der Waals surface area contributed by atoms with Crippen LogP contribution in [0, 0.1) is 11.3 Å². The van der Waals surface area contributed by atoms with Crippen LogP contribution in [0.1, 0.15) is 30.3 Å². The zero-order chi connectivity index (χ0) is 15.5. The van der Waals surface area contributed by atoms with Crippen LogP contribution >= 0.6 is 0 Å². The van der Waals surface area contributed by atoms with E-state index in [0.29, 0.717) is 25.5 Å². The Bertz CT molecular complexity index is 486. The molecule has 0 aliphatic heterocycles. The Morgan fingerprint density at radius 2 is 2.29 bits per heavy atom. The van der Waals surface area contributed by atoms with Crippen molar-refractivity contribution in [3.05, 3.63) is 18.1 Å². The number of rotatable bonds is 9. The molecule has 21 heavy (non-hydrogen) atoms. The molecule has 1 N–H and O–H groups in total. The van der Waals surface area contributed by atoms with Crippen LogP contribution in [-0.2, 0) is 4.74 Å². The summed E-state index contributed by atoms with van der Waals surface area (Å²) in [6, 6.07) is 2.04. The van der Waals surface area contributed by atoms with Gasteiger partial charge in [-0.3, -0.25) is 9.78 Å². The van der Waals surface area contributed by atoms with Gasteiger partial charge in [-0.15, -0.1) is 0 Å². The summed E-state index contributed by atoms with van der Waals surface area (Å²) in [5, 5.41) is 11.8. The van der Waals surface area contributed by atoms with E-state index in [-0.39, 0.29) is 18.0 Å². The second-order valence-electron chi connectivity index (χ2n) is 4.41. The van der Waals surface area contributed by atoms with Gasteiger partial charge in [0.15, 0.2) is 0 Å². The molecule has 114 valence electrons. The van der Waals surface area contributed by atoms with Crippen LogP contribution in [0.4, 0.5) is 5.82 Å². The fraction of sp³-hybridized carbons (Fsp3) is 0.571. The van der Waals surface area contributed by atoms with E-state index in [1.165, 1.54) is 6.20 Å². The van der Waals surface area contributed by atoms with Gasteiger partial charge in [0, 0.05) is 26.7 Å². The summed E-state index contributed by atoms with van der Waals surface area (Å²) in [7, 11) is 1.57. The lowest BCUT2D eigenvalue weighted by Gasteiger charge is -2.20. The quantitative estimate of drug-likeness (QED) is 0.737. The zero-order valence-corrected chi connectivity index (χ0v) is 12.5. The van der Waals surface area contributed by atoms with Gasteiger partial charge < -0.3 is 15.0 Å². The number of carbonyl (C=O) groups excluding carboxylic acids is 1. The molecule has 0 bridgehead atoms. The van der Waals surface area contributed by atoms with Gasteiger partial charge in [0.25, 0.3) is 5.91 Å². The molecule has 7 nitrogen and oxygen atoms in total. The van der Waals surface area contributed by atoms with Crippen LogP contribution in [0.5, 0.6) is 0 Å². The molecule has 0 fully saturated rings. The van der Waals surface area contributed by atoms with Crippen molar-refractivity contribution >= 4 is 11.7 Å². The summed E-state index contributed by atoms with van der Waals surface area (Å²) in [5.41, 5.74) is 0.269. The second-order valence-corrected chi connectivity index (χ2v) is 4.41. The number of carbonyl (C=O) groups is 1. The number of hydrogen-bond donors (Lipinski definition) is 1. The average Bonchev–Trinajstić information content (AvgIpc) is 2.53. The third-order valence-corrected chi connectivity index (χ3v) is 2.76. The smallest absolute Gasteiger partial charge is 0.274 e. The van der Waals surface area contributed by atoms with E-state index in [9.17, 15) is 4.79 Å². The molecule has 1 amide bonds. The molecule has 1 rings (SSSR count). The summed E-state index contributed by atoms with van der Waals surface area (Å²) in [4.78, 5) is 22.3. The highest BCUT2D eigenvalue weighted by atomic mass is 16.5. The van der Waals surface area contributed by atoms with Crippen molar-refractivity contribution in [3.63, 3.8) is 0 Å². The molecule has 0 aliphatic carbocycles. The van der Waals surface area contributed by atoms with Gasteiger partial charge in [-0.1, -0.05) is 6.92 Å². The Morgan fingerprint density at radius 1 is 1.48 bits per heavy atom. The first-order valence-electron chi connectivity index (χ1n) is 6.94. The van der Waals surface area contributed by atoms with Crippen molar-refractivity contribution in [1.82, 2.24) is 14.9 Å². The molecular formula is C14H21N5O2. The van der Waals surface area contributed by atoms with E-state index in [1.54, 1.807) is 18.2 Å². The zero-order valence-electron chi connectivity index (χ0n) is 12.5. The Kier molecular flexibility index (Phi) is 7.76. The van der Waals surface area contributed by atoms with Gasteiger partial charge in [0.2, 0.25) is 0 Å². The molecule has 1 aromatic rings. The topological polar surface area (TPSA) is 91.1 Å². The molecule has 0 saturated heterocycles. The largest absolute Gasteiger partial charge is 0.383 e. The van der Waals surface area contributed by atoms with Crippen molar-refractivity contribution < 1.29 is 9.53 Å². The third kappa shape index (κ3) is 5.75. The lowest BCUT2D eigenvalue weighted by Crippen LogP contribution is -2.35. The predicted molar refractivity (Wildman–Crippen MR) is 78.8 cm³/mol. The monoisotopic (exact) mass is 291 g/mol. The summed E-state index contributed by atoms with van der Waals surface area (Å²) >= 11 is 0. The van der Waals surface area contributed by atoms with Crippen molar-refractivity contribution in [2.24, 2.45) is 0 Å². The number of aromatic nitrogens is 2. The van der Waals surface area contributed by atoms with Gasteiger partial charge in [-0.05, 0) is 6.42 Å². The third-order valence-electron chi connectivity index (χ3n) is 2.76. The summed E-state index contributed by atoms with van der Waals surface area (Å²) in [6.07, 6.45) is 4.26. The van der Waals surface area contributed by atoms with E-state index in [2.05, 4.69) is 15.3 Å². The molecule has 0 spiro atoms. The van der Waals surface area contributed by atoms with Crippen molar-refractivity contribution in [1.29, 1.82) is 5.26 Å². The molecule has 0 atom stereocenters. The van der Waals surface area contributed by atoms with Crippen LogP contribution in [0.25, 0.3) is 0 Å². The molecule has 7 heteroatoms. The number of amides is 1. The van der Waals surface area contributed by atoms with Crippen LogP contribution in [0.3, 0.4) is 0 Å². The number of nitrogens with zero attached hydrogens (tertiary/aromatic N) is 4. The minimum atomic E-state index is -0.241. The maximum absolute atomic E-state index is 12.4. The van der Waals surface area contributed by atoms with Gasteiger partial charge in [-0.25, -0.2) is 4.98 Å². The first-order valence-corrected chi connectivity index (χ1v) is 6.94. The van der Waals surface area contributed by atoms with Crippen LogP contribution < -0.4 is 5.32 Å². The Hall–Kier alpha value is -2.20. The van der Waals surface area contributed by atoms with Crippen molar-refractivity contribution in [2.45, 2.75) is 19.8 Å². The SMILES string of the molecule is CCCNc1cncc(C(=O)N(CCC#N)CCOC)n1. The van der Waals surface area contributed by atoms with Crippen LogP contribution in [-0.4, -0.2) is 54.1 Å². The number of methoxy groups -OCH3 is 1. The van der Waals surface area contributed by atoms with Gasteiger partial charge >= 0.3 is 0 Å². The Labute approximate surface area is 124 Å². The standard InChI is InChI=1S/C14H21N5O2/c1-3-6-17-13-11-16-10-12(18-13)14(20)19(7-4-5-15)8-9-21-2/h10-11H,3-4,6-9H2,1-2H3,(H,17,18). The Morgan fingerprint density at radius 3 is 2.95 bits per heavy atom. The number of hydrogen-bond acceptors (Lipinski definition) is 6. The molecule has 0 aliphatic rings. The summed E-state index contributed by atoms with van der Waals surface area (Å²) in [6.45, 7) is 4.01. The van der Waals surface area contributed by atoms with Crippen molar-refractivity contribution in [2.75, 3.05) is 38.7 Å². The minimum absolute atomic E-state index is 0.241. The van der Waals surface area contributed by atoms with Crippen molar-refractivity contribution in [3.8, 4) is 6.07 Å². The fourth-order valence-electron chi connectivity index (χ4n) is 1.67. The first-order chi connectivity index (χ1) is 10.2. The van der Waals surface area contributed by atoms with Gasteiger partial charge in [0.1, 0.15) is 11.5 Å². The first kappa shape index (κ1) is 16.9. The molecule has 0 aromatic carbocycles. The lowest BCUT2D eigenvalue weighted by atomic mass is 10.3. The fourth-order valence-corrected chi connectivity index (χ4v) is 1.67. The maximum atomic E-state index is 12.4. The van der Waals surface area contributed by atoms with Gasteiger partial charge in [-0.2, -0.15) is 5.26 Å². The molecule has 0 unspecified atom stereocenters. The molecule has 1 aromatic heterocycles. The number of anilines is 1. The van der Waals surface area contributed by atoms with E-state index >= 15 is 0 Å². The highest BCUT2D eigenvalue weighted by molar-refractivity contribution is 5.92. The minimum Gasteiger partial charge on any atom is -0.383 e. The van der Waals surface area contributed by atoms with E-state index < -0.39 is 0 Å². The maximum Gasteiger partial charge on any atom is 0.274 e. The van der Waals surface area contributed by atoms with E-state index in [1.807, 2.05) is 13.0 Å². The average molecular weight is 291 g/mol.